The normalized spacial score (nSPS) is 27.9. The number of amides is 2. The molecule has 2 saturated carbocycles. The topological polar surface area (TPSA) is 303 Å². The van der Waals surface area contributed by atoms with Crippen molar-refractivity contribution < 1.29 is 91.6 Å². The van der Waals surface area contributed by atoms with Gasteiger partial charge in [0.2, 0.25) is 5.91 Å². The number of carboxylic acid groups (broad SMARTS) is 1. The number of rotatable bonds is 19. The summed E-state index contributed by atoms with van der Waals surface area (Å²) < 4.78 is 42.4. The molecular weight excluding hydrogens is 1060 g/mol. The number of aliphatic hydroxyl groups excluding tert-OH is 1. The van der Waals surface area contributed by atoms with Crippen LogP contribution in [0, 0.1) is 16.7 Å². The summed E-state index contributed by atoms with van der Waals surface area (Å²) in [5.41, 5.74) is -8.04. The number of hydrogen-bond acceptors (Lipinski definition) is 20. The van der Waals surface area contributed by atoms with Crippen LogP contribution in [0.3, 0.4) is 0 Å². The number of Topliss-reactive ketones (excluding diaryl/α,β-unsaturated/α-hetero) is 1. The highest BCUT2D eigenvalue weighted by molar-refractivity contribution is 8.76. The molecule has 21 nitrogen and oxygen atoms in total. The molecule has 4 aliphatic rings. The van der Waals surface area contributed by atoms with Crippen LogP contribution in [0.25, 0.3) is 0 Å². The zero-order chi connectivity index (χ0) is 56.9. The minimum atomic E-state index is -2.54. The second-order valence-corrected chi connectivity index (χ2v) is 22.9. The summed E-state index contributed by atoms with van der Waals surface area (Å²) >= 11 is 0. The number of ketones is 1. The van der Waals surface area contributed by atoms with Crippen LogP contribution in [0.2, 0.25) is 0 Å². The Morgan fingerprint density at radius 3 is 1.97 bits per heavy atom. The molecule has 3 aliphatic carbocycles. The van der Waals surface area contributed by atoms with Gasteiger partial charge in [-0.2, -0.15) is 0 Å². The first kappa shape index (κ1) is 58.9. The number of benzene rings is 3. The molecule has 7 rings (SSSR count). The summed E-state index contributed by atoms with van der Waals surface area (Å²) in [4.78, 5) is 123. The fourth-order valence-corrected chi connectivity index (χ4v) is 13.2. The van der Waals surface area contributed by atoms with Crippen molar-refractivity contribution in [2.45, 2.75) is 121 Å². The lowest BCUT2D eigenvalue weighted by molar-refractivity contribution is -0.346. The number of aliphatic hydroxyl groups is 2. The van der Waals surface area contributed by atoms with E-state index < -0.39 is 143 Å². The zero-order valence-electron chi connectivity index (χ0n) is 43.8. The summed E-state index contributed by atoms with van der Waals surface area (Å²) in [5.74, 6) is -9.20. The summed E-state index contributed by atoms with van der Waals surface area (Å²) in [6.45, 7) is 8.45. The Balaban J connectivity index is 1.32. The molecule has 78 heavy (non-hydrogen) atoms. The van der Waals surface area contributed by atoms with E-state index in [9.17, 15) is 53.7 Å². The van der Waals surface area contributed by atoms with Gasteiger partial charge in [0.1, 0.15) is 42.7 Å². The third-order valence-electron chi connectivity index (χ3n) is 15.1. The maximum atomic E-state index is 16.2. The molecule has 0 spiro atoms. The molecule has 3 fully saturated rings. The van der Waals surface area contributed by atoms with Gasteiger partial charge in [0.05, 0.1) is 29.5 Å². The molecule has 1 aliphatic heterocycles. The fourth-order valence-electron chi connectivity index (χ4n) is 11.2. The van der Waals surface area contributed by atoms with Gasteiger partial charge < -0.3 is 59.1 Å². The second kappa shape index (κ2) is 24.1. The minimum absolute atomic E-state index is 0.00935. The van der Waals surface area contributed by atoms with Crippen molar-refractivity contribution in [1.82, 2.24) is 10.6 Å². The lowest BCUT2D eigenvalue weighted by Gasteiger charge is -2.67. The van der Waals surface area contributed by atoms with E-state index in [1.165, 1.54) is 58.9 Å². The van der Waals surface area contributed by atoms with Gasteiger partial charge in [0.15, 0.2) is 23.6 Å². The van der Waals surface area contributed by atoms with Crippen LogP contribution in [0.5, 0.6) is 0 Å². The maximum absolute atomic E-state index is 16.2. The predicted octanol–water partition coefficient (Wildman–Crippen LogP) is 4.87. The summed E-state index contributed by atoms with van der Waals surface area (Å²) in [6.07, 6.45) is -12.8. The summed E-state index contributed by atoms with van der Waals surface area (Å²) in [7, 11) is 2.23. The Morgan fingerprint density at radius 2 is 1.41 bits per heavy atom. The highest BCUT2D eigenvalue weighted by Gasteiger charge is 2.79. The standard InChI is InChI=1S/C55H62N2O19S2/c1-29-37(73-50(67)42(61)41(33-17-11-8-12-18-33)57-47(63)34-19-13-9-14-20-34)26-55(69)46(75-49(66)35-21-15-10-16-22-35)44-53(7,45(62)43(72-31(3)59)40(29)52(55,5)6)38(25-39-54(44,28-71-39)76-32(4)60)74-51(68)70-23-24-77-78-27-36(48(64)65)56-30(2)58/h8-22,36-39,41-44,46,61,69H,23-28H2,1-7H3,(H,56,58)(H,57,63)(H,64,65)/t36-,37-,38-,39+,41-,42+,43+,44?,46?,53+,54-,55+/m0/s1. The van der Waals surface area contributed by atoms with Gasteiger partial charge in [-0.1, -0.05) is 102 Å². The fraction of sp³-hybridized carbons (Fsp3) is 0.473. The number of hydrogen-bond donors (Lipinski definition) is 5. The van der Waals surface area contributed by atoms with Crippen molar-refractivity contribution in [3.05, 3.63) is 119 Å². The van der Waals surface area contributed by atoms with E-state index in [2.05, 4.69) is 10.6 Å². The van der Waals surface area contributed by atoms with Gasteiger partial charge in [0.25, 0.3) is 5.91 Å². The molecule has 418 valence electrons. The van der Waals surface area contributed by atoms with E-state index in [4.69, 9.17) is 33.2 Å². The van der Waals surface area contributed by atoms with Crippen molar-refractivity contribution in [2.24, 2.45) is 16.7 Å². The Hall–Kier alpha value is -6.79. The van der Waals surface area contributed by atoms with Gasteiger partial charge in [-0.05, 0) is 54.8 Å². The maximum Gasteiger partial charge on any atom is 0.508 e. The molecule has 2 unspecified atom stereocenters. The highest BCUT2D eigenvalue weighted by Crippen LogP contribution is 2.65. The highest BCUT2D eigenvalue weighted by atomic mass is 33.1. The first-order chi connectivity index (χ1) is 36.9. The lowest BCUT2D eigenvalue weighted by atomic mass is 9.44. The molecule has 1 saturated heterocycles. The van der Waals surface area contributed by atoms with Crippen LogP contribution in [0.1, 0.15) is 93.6 Å². The number of carbonyl (C=O) groups excluding carboxylic acids is 8. The van der Waals surface area contributed by atoms with Crippen LogP contribution in [-0.2, 0) is 61.9 Å². The lowest BCUT2D eigenvalue weighted by Crippen LogP contribution is -2.82. The van der Waals surface area contributed by atoms with Crippen LogP contribution in [-0.4, -0.2) is 148 Å². The quantitative estimate of drug-likeness (QED) is 0.0352. The number of ether oxygens (including phenoxy) is 7. The first-order valence-corrected chi connectivity index (χ1v) is 27.5. The number of nitrogens with one attached hydrogen (secondary N) is 2. The molecule has 5 N–H and O–H groups in total. The summed E-state index contributed by atoms with van der Waals surface area (Å²) in [6, 6.07) is 21.2. The van der Waals surface area contributed by atoms with E-state index in [0.29, 0.717) is 5.56 Å². The minimum Gasteiger partial charge on any atom is -0.480 e. The van der Waals surface area contributed by atoms with E-state index >= 15 is 4.79 Å². The first-order valence-electron chi connectivity index (χ1n) is 25.0. The predicted molar refractivity (Wildman–Crippen MR) is 278 cm³/mol. The third kappa shape index (κ3) is 11.8. The van der Waals surface area contributed by atoms with Gasteiger partial charge in [-0.15, -0.1) is 0 Å². The van der Waals surface area contributed by atoms with Crippen LogP contribution < -0.4 is 10.6 Å². The van der Waals surface area contributed by atoms with Gasteiger partial charge in [0, 0.05) is 56.1 Å². The Morgan fingerprint density at radius 1 is 0.795 bits per heavy atom. The largest absolute Gasteiger partial charge is 0.508 e. The molecule has 1 heterocycles. The molecule has 0 aromatic heterocycles. The molecule has 0 radical (unpaired) electrons. The molecule has 3 aromatic rings. The smallest absolute Gasteiger partial charge is 0.480 e. The summed E-state index contributed by atoms with van der Waals surface area (Å²) in [5, 5.41) is 40.5. The van der Waals surface area contributed by atoms with E-state index in [1.807, 2.05) is 0 Å². The van der Waals surface area contributed by atoms with Crippen molar-refractivity contribution in [1.29, 1.82) is 0 Å². The molecule has 12 atom stereocenters. The molecule has 3 aromatic carbocycles. The molecule has 2 bridgehead atoms. The second-order valence-electron chi connectivity index (χ2n) is 20.2. The number of fused-ring (bicyclic) bond motifs is 5. The SMILES string of the molecule is CC(=O)N[C@@H](CSSCCOC(=O)O[C@H]1C[C@H]2OC[C@@]2(OC(C)=O)C2C(OC(=O)c3ccccc3)[C@]3(O)C[C@H](OC(=O)[C@H](O)[C@@H](NC(=O)c4ccccc4)c4ccccc4)C(C)=C([C@@H](OC(C)=O)C(=O)[C@@]21C)C3(C)C)C(=O)O. The van der Waals surface area contributed by atoms with Crippen LogP contribution in [0.15, 0.2) is 102 Å². The number of esters is 4. The monoisotopic (exact) mass is 1120 g/mol. The number of carboxylic acids is 1. The van der Waals surface area contributed by atoms with Crippen LogP contribution >= 0.6 is 21.6 Å². The molecule has 2 amide bonds. The van der Waals surface area contributed by atoms with Gasteiger partial charge in [-0.3, -0.25) is 24.0 Å². The van der Waals surface area contributed by atoms with Crippen LogP contribution in [0.4, 0.5) is 4.79 Å². The van der Waals surface area contributed by atoms with Gasteiger partial charge in [-0.25, -0.2) is 19.2 Å². The number of carbonyl (C=O) groups is 9. The van der Waals surface area contributed by atoms with Crippen molar-refractivity contribution >= 4 is 75.2 Å². The molecule has 23 heteroatoms. The van der Waals surface area contributed by atoms with Crippen molar-refractivity contribution in [3.63, 3.8) is 0 Å². The van der Waals surface area contributed by atoms with E-state index in [0.717, 1.165) is 35.4 Å². The van der Waals surface area contributed by atoms with E-state index in [-0.39, 0.29) is 46.8 Å². The van der Waals surface area contributed by atoms with E-state index in [1.54, 1.807) is 66.7 Å². The van der Waals surface area contributed by atoms with Gasteiger partial charge >= 0.3 is 36.0 Å². The van der Waals surface area contributed by atoms with Crippen molar-refractivity contribution in [3.8, 4) is 0 Å². The van der Waals surface area contributed by atoms with Crippen molar-refractivity contribution in [2.75, 3.05) is 24.7 Å². The Bertz CT molecular complexity index is 2820. The number of aliphatic carboxylic acids is 1. The third-order valence-corrected chi connectivity index (χ3v) is 17.4. The average molecular weight is 1120 g/mol. The Labute approximate surface area is 457 Å². The molecular formula is C55H62N2O19S2. The zero-order valence-corrected chi connectivity index (χ0v) is 45.4. The average Bonchev–Trinajstić information content (AvgIpc) is 2.87. The Kier molecular flexibility index (Phi) is 18.2.